The van der Waals surface area contributed by atoms with E-state index in [1.165, 1.54) is 0 Å². The predicted octanol–water partition coefficient (Wildman–Crippen LogP) is 2.38. The topological polar surface area (TPSA) is 89.8 Å². The summed E-state index contributed by atoms with van der Waals surface area (Å²) in [7, 11) is 0. The molecule has 27 heavy (non-hydrogen) atoms. The number of alkyl halides is 3. The Morgan fingerprint density at radius 2 is 2.22 bits per heavy atom. The van der Waals surface area contributed by atoms with Crippen LogP contribution in [0, 0.1) is 0 Å². The molecule has 0 radical (unpaired) electrons. The van der Waals surface area contributed by atoms with Gasteiger partial charge in [-0.3, -0.25) is 0 Å². The van der Waals surface area contributed by atoms with Crippen LogP contribution in [0.3, 0.4) is 0 Å². The first kappa shape index (κ1) is 19.2. The lowest BCUT2D eigenvalue weighted by Crippen LogP contribution is -2.47. The number of ether oxygens (including phenoxy) is 1. The Bertz CT molecular complexity index is 806. The third-order valence-corrected chi connectivity index (χ3v) is 3.99. The molecule has 3 rings (SSSR count). The largest absolute Gasteiger partial charge is 0.396 e. The van der Waals surface area contributed by atoms with Crippen molar-refractivity contribution in [3.05, 3.63) is 35.7 Å². The highest BCUT2D eigenvalue weighted by molar-refractivity contribution is 5.78. The van der Waals surface area contributed by atoms with Crippen LogP contribution in [0.5, 0.6) is 0 Å². The number of hydrogen-bond acceptors (Lipinski definition) is 5. The third-order valence-electron chi connectivity index (χ3n) is 3.99. The van der Waals surface area contributed by atoms with Gasteiger partial charge >= 0.3 is 6.18 Å². The van der Waals surface area contributed by atoms with Crippen LogP contribution < -0.4 is 5.73 Å². The summed E-state index contributed by atoms with van der Waals surface area (Å²) >= 11 is 0. The molecule has 2 heterocycles. The van der Waals surface area contributed by atoms with Crippen molar-refractivity contribution in [2.45, 2.75) is 32.2 Å². The maximum absolute atomic E-state index is 12.4. The second kappa shape index (κ2) is 7.95. The summed E-state index contributed by atoms with van der Waals surface area (Å²) in [5.41, 5.74) is 7.40. The first-order valence-electron chi connectivity index (χ1n) is 8.45. The van der Waals surface area contributed by atoms with Crippen molar-refractivity contribution in [1.29, 1.82) is 0 Å². The van der Waals surface area contributed by atoms with Crippen LogP contribution in [0.1, 0.15) is 18.3 Å². The number of morpholine rings is 1. The van der Waals surface area contributed by atoms with Gasteiger partial charge in [0.2, 0.25) is 0 Å². The van der Waals surface area contributed by atoms with Gasteiger partial charge in [-0.15, -0.1) is 0 Å². The minimum atomic E-state index is -4.38. The Balaban J connectivity index is 1.68. The molecule has 2 N–H and O–H groups in total. The van der Waals surface area contributed by atoms with E-state index in [2.05, 4.69) is 15.1 Å². The van der Waals surface area contributed by atoms with Gasteiger partial charge in [-0.2, -0.15) is 18.2 Å². The van der Waals surface area contributed by atoms with Crippen LogP contribution in [-0.4, -0.2) is 53.0 Å². The van der Waals surface area contributed by atoms with E-state index < -0.39 is 18.4 Å². The molecule has 10 heteroatoms. The van der Waals surface area contributed by atoms with Crippen LogP contribution in [0.2, 0.25) is 0 Å². The van der Waals surface area contributed by atoms with E-state index in [4.69, 9.17) is 15.0 Å². The lowest BCUT2D eigenvalue weighted by molar-refractivity contribution is -0.128. The van der Waals surface area contributed by atoms with E-state index in [1.54, 1.807) is 18.2 Å². The lowest BCUT2D eigenvalue weighted by atomic mass is 10.1. The van der Waals surface area contributed by atoms with Crippen molar-refractivity contribution in [2.75, 3.05) is 19.7 Å². The first-order chi connectivity index (χ1) is 12.8. The number of aliphatic imine (C=N–C) groups is 1. The maximum atomic E-state index is 12.4. The number of nitrogens with two attached hydrogens (primary N) is 1. The van der Waals surface area contributed by atoms with Crippen LogP contribution in [-0.2, 0) is 17.7 Å². The monoisotopic (exact) mass is 383 g/mol. The zero-order chi connectivity index (χ0) is 19.4. The first-order valence-corrected chi connectivity index (χ1v) is 8.45. The molecule has 1 saturated heterocycles. The standard InChI is InChI=1S/C17H20F3N5O2/c1-11-10-25(5-6-26-11)16(21)22-9-12-3-2-4-13(7-12)15-23-14(24-27-15)8-17(18,19)20/h2-4,7,11H,5-6,8-10H2,1H3,(H2,21,22). The van der Waals surface area contributed by atoms with Gasteiger partial charge in [0, 0.05) is 18.7 Å². The summed E-state index contributed by atoms with van der Waals surface area (Å²) in [5, 5.41) is 3.38. The fraction of sp³-hybridized carbons (Fsp3) is 0.471. The van der Waals surface area contributed by atoms with Crippen molar-refractivity contribution < 1.29 is 22.4 Å². The Hall–Kier alpha value is -2.62. The molecule has 0 bridgehead atoms. The SMILES string of the molecule is CC1CN(C(N)=NCc2cccc(-c3nc(CC(F)(F)F)no3)c2)CCO1. The van der Waals surface area contributed by atoms with Crippen LogP contribution in [0.25, 0.3) is 11.5 Å². The predicted molar refractivity (Wildman–Crippen MR) is 91.8 cm³/mol. The van der Waals surface area contributed by atoms with Gasteiger partial charge in [0.1, 0.15) is 6.42 Å². The zero-order valence-corrected chi connectivity index (χ0v) is 14.7. The minimum absolute atomic E-state index is 0.0371. The van der Waals surface area contributed by atoms with Crippen LogP contribution in [0.15, 0.2) is 33.8 Å². The average Bonchev–Trinajstić information content (AvgIpc) is 3.06. The molecule has 0 spiro atoms. The van der Waals surface area contributed by atoms with Crippen molar-refractivity contribution in [3.8, 4) is 11.5 Å². The fourth-order valence-corrected chi connectivity index (χ4v) is 2.72. The summed E-state index contributed by atoms with van der Waals surface area (Å²) in [4.78, 5) is 10.2. The molecule has 2 aromatic rings. The number of nitrogens with zero attached hydrogens (tertiary/aromatic N) is 4. The fourth-order valence-electron chi connectivity index (χ4n) is 2.72. The molecule has 0 saturated carbocycles. The molecule has 7 nitrogen and oxygen atoms in total. The van der Waals surface area contributed by atoms with Gasteiger partial charge in [-0.25, -0.2) is 4.99 Å². The molecule has 0 amide bonds. The molecule has 146 valence electrons. The lowest BCUT2D eigenvalue weighted by Gasteiger charge is -2.31. The number of halogens is 3. The van der Waals surface area contributed by atoms with Crippen molar-refractivity contribution in [3.63, 3.8) is 0 Å². The van der Waals surface area contributed by atoms with Crippen molar-refractivity contribution >= 4 is 5.96 Å². The second-order valence-electron chi connectivity index (χ2n) is 6.31. The summed E-state index contributed by atoms with van der Waals surface area (Å²) in [5.74, 6) is 0.0717. The van der Waals surface area contributed by atoms with Gasteiger partial charge in [-0.1, -0.05) is 17.3 Å². The Morgan fingerprint density at radius 3 is 2.96 bits per heavy atom. The quantitative estimate of drug-likeness (QED) is 0.644. The van der Waals surface area contributed by atoms with Gasteiger partial charge in [-0.05, 0) is 24.6 Å². The maximum Gasteiger partial charge on any atom is 0.396 e. The van der Waals surface area contributed by atoms with E-state index in [0.717, 1.165) is 5.56 Å². The van der Waals surface area contributed by atoms with Crippen LogP contribution >= 0.6 is 0 Å². The smallest absolute Gasteiger partial charge is 0.375 e. The highest BCUT2D eigenvalue weighted by atomic mass is 19.4. The Morgan fingerprint density at radius 1 is 1.41 bits per heavy atom. The highest BCUT2D eigenvalue weighted by Gasteiger charge is 2.30. The molecular formula is C17H20F3N5O2. The van der Waals surface area contributed by atoms with Gasteiger partial charge in [0.25, 0.3) is 5.89 Å². The molecule has 1 atom stereocenters. The number of guanidine groups is 1. The van der Waals surface area contributed by atoms with Gasteiger partial charge in [0.15, 0.2) is 11.8 Å². The van der Waals surface area contributed by atoms with E-state index in [9.17, 15) is 13.2 Å². The molecule has 1 aromatic heterocycles. The highest BCUT2D eigenvalue weighted by Crippen LogP contribution is 2.23. The van der Waals surface area contributed by atoms with E-state index >= 15 is 0 Å². The normalized spacial score (nSPS) is 18.7. The number of hydrogen-bond donors (Lipinski definition) is 1. The molecule has 1 unspecified atom stereocenters. The minimum Gasteiger partial charge on any atom is -0.375 e. The molecule has 1 aliphatic rings. The number of aromatic nitrogens is 2. The van der Waals surface area contributed by atoms with Crippen LogP contribution in [0.4, 0.5) is 13.2 Å². The summed E-state index contributed by atoms with van der Waals surface area (Å²) < 4.78 is 47.6. The number of benzene rings is 1. The molecule has 1 fully saturated rings. The Labute approximate surface area is 154 Å². The average molecular weight is 383 g/mol. The third kappa shape index (κ3) is 5.43. The summed E-state index contributed by atoms with van der Waals surface area (Å²) in [6.45, 7) is 4.27. The number of rotatable bonds is 4. The Kier molecular flexibility index (Phi) is 5.64. The molecular weight excluding hydrogens is 363 g/mol. The van der Waals surface area contributed by atoms with Gasteiger partial charge in [0.05, 0.1) is 19.3 Å². The molecule has 1 aromatic carbocycles. The van der Waals surface area contributed by atoms with E-state index in [0.29, 0.717) is 37.8 Å². The summed E-state index contributed by atoms with van der Waals surface area (Å²) in [6, 6.07) is 7.02. The van der Waals surface area contributed by atoms with E-state index in [1.807, 2.05) is 17.9 Å². The van der Waals surface area contributed by atoms with E-state index in [-0.39, 0.29) is 12.0 Å². The zero-order valence-electron chi connectivity index (χ0n) is 14.7. The van der Waals surface area contributed by atoms with Crippen molar-refractivity contribution in [2.24, 2.45) is 10.7 Å². The molecule has 1 aliphatic heterocycles. The van der Waals surface area contributed by atoms with Crippen molar-refractivity contribution in [1.82, 2.24) is 15.0 Å². The second-order valence-corrected chi connectivity index (χ2v) is 6.31. The van der Waals surface area contributed by atoms with Gasteiger partial charge < -0.3 is 19.9 Å². The molecule has 0 aliphatic carbocycles. The summed E-state index contributed by atoms with van der Waals surface area (Å²) in [6.07, 6.45) is -5.51.